The summed E-state index contributed by atoms with van der Waals surface area (Å²) in [4.78, 5) is 24.0. The number of hydrogen-bond donors (Lipinski definition) is 0. The summed E-state index contributed by atoms with van der Waals surface area (Å²) in [7, 11) is 2.16. The van der Waals surface area contributed by atoms with Gasteiger partial charge in [-0.05, 0) is 69.4 Å². The molecule has 0 unspecified atom stereocenters. The molecule has 1 aromatic carbocycles. The van der Waals surface area contributed by atoms with Gasteiger partial charge in [-0.3, -0.25) is 14.7 Å². The Labute approximate surface area is 185 Å². The number of carbonyl (C=O) groups is 1. The van der Waals surface area contributed by atoms with Crippen LogP contribution >= 0.6 is 0 Å². The molecule has 2 aromatic rings. The first-order valence-electron chi connectivity index (χ1n) is 10.8. The van der Waals surface area contributed by atoms with E-state index in [1.807, 2.05) is 4.90 Å². The van der Waals surface area contributed by atoms with Crippen LogP contribution in [0.5, 0.6) is 5.75 Å². The summed E-state index contributed by atoms with van der Waals surface area (Å²) in [5.41, 5.74) is 1.73. The number of nitrogens with zero attached hydrogens (tertiary/aromatic N) is 4. The number of pyridine rings is 1. The van der Waals surface area contributed by atoms with Crippen LogP contribution in [-0.4, -0.2) is 84.3 Å². The molecule has 32 heavy (non-hydrogen) atoms. The third-order valence-electron chi connectivity index (χ3n) is 6.20. The lowest BCUT2D eigenvalue weighted by molar-refractivity contribution is -0.274. The number of likely N-dealkylation sites (tertiary alicyclic amines) is 1. The molecule has 0 saturated carbocycles. The van der Waals surface area contributed by atoms with E-state index in [9.17, 15) is 18.0 Å². The zero-order chi connectivity index (χ0) is 22.7. The Kier molecular flexibility index (Phi) is 6.66. The van der Waals surface area contributed by atoms with Crippen LogP contribution in [0.1, 0.15) is 23.2 Å². The largest absolute Gasteiger partial charge is 0.573 e. The maximum absolute atomic E-state index is 12.9. The van der Waals surface area contributed by atoms with Gasteiger partial charge in [-0.1, -0.05) is 0 Å². The topological polar surface area (TPSA) is 48.9 Å². The van der Waals surface area contributed by atoms with Crippen molar-refractivity contribution in [2.75, 3.05) is 46.3 Å². The molecule has 4 rings (SSSR count). The first kappa shape index (κ1) is 22.5. The second-order valence-corrected chi connectivity index (χ2v) is 8.37. The summed E-state index contributed by atoms with van der Waals surface area (Å²) in [6, 6.07) is 9.54. The molecule has 172 valence electrons. The van der Waals surface area contributed by atoms with Crippen molar-refractivity contribution in [3.05, 3.63) is 48.2 Å². The lowest BCUT2D eigenvalue weighted by Crippen LogP contribution is -2.54. The summed E-state index contributed by atoms with van der Waals surface area (Å²) in [6.07, 6.45) is -0.834. The number of piperazine rings is 1. The third kappa shape index (κ3) is 5.58. The summed E-state index contributed by atoms with van der Waals surface area (Å²) in [5, 5.41) is 0. The number of halogens is 3. The molecule has 2 fully saturated rings. The maximum atomic E-state index is 12.9. The Morgan fingerprint density at radius 1 is 0.969 bits per heavy atom. The highest BCUT2D eigenvalue weighted by Gasteiger charge is 2.31. The number of piperidine rings is 1. The van der Waals surface area contributed by atoms with Gasteiger partial charge in [0.15, 0.2) is 0 Å². The third-order valence-corrected chi connectivity index (χ3v) is 6.20. The highest BCUT2D eigenvalue weighted by molar-refractivity contribution is 5.94. The molecule has 0 N–H and O–H groups in total. The number of alkyl halides is 3. The SMILES string of the molecule is CN1CCC(N2CCN(C(=O)c3ccc(-c4ccc(OC(F)(F)F)cc4)nc3)CC2)CC1. The Bertz CT molecular complexity index is 902. The number of amides is 1. The van der Waals surface area contributed by atoms with Crippen LogP contribution in [0, 0.1) is 0 Å². The van der Waals surface area contributed by atoms with E-state index in [-0.39, 0.29) is 11.7 Å². The molecule has 2 saturated heterocycles. The fourth-order valence-electron chi connectivity index (χ4n) is 4.35. The molecule has 2 aliphatic heterocycles. The molecule has 3 heterocycles. The lowest BCUT2D eigenvalue weighted by Gasteiger charge is -2.42. The second-order valence-electron chi connectivity index (χ2n) is 8.37. The normalized spacial score (nSPS) is 19.2. The molecule has 9 heteroatoms. The van der Waals surface area contributed by atoms with Gasteiger partial charge in [0.05, 0.1) is 11.3 Å². The Balaban J connectivity index is 1.32. The van der Waals surface area contributed by atoms with Crippen molar-refractivity contribution < 1.29 is 22.7 Å². The van der Waals surface area contributed by atoms with Gasteiger partial charge in [0.1, 0.15) is 5.75 Å². The average Bonchev–Trinajstić information content (AvgIpc) is 2.79. The zero-order valence-corrected chi connectivity index (χ0v) is 18.0. The van der Waals surface area contributed by atoms with Crippen molar-refractivity contribution in [1.29, 1.82) is 0 Å². The number of aromatic nitrogens is 1. The van der Waals surface area contributed by atoms with E-state index in [4.69, 9.17) is 0 Å². The number of carbonyl (C=O) groups excluding carboxylic acids is 1. The maximum Gasteiger partial charge on any atom is 0.573 e. The number of rotatable bonds is 4. The van der Waals surface area contributed by atoms with Gasteiger partial charge in [0.2, 0.25) is 0 Å². The summed E-state index contributed by atoms with van der Waals surface area (Å²) < 4.78 is 40.8. The Morgan fingerprint density at radius 3 is 2.19 bits per heavy atom. The zero-order valence-electron chi connectivity index (χ0n) is 18.0. The van der Waals surface area contributed by atoms with Crippen molar-refractivity contribution in [2.45, 2.75) is 25.2 Å². The molecule has 0 spiro atoms. The molecule has 0 atom stereocenters. The number of benzene rings is 1. The van der Waals surface area contributed by atoms with E-state index in [2.05, 4.69) is 26.6 Å². The van der Waals surface area contributed by atoms with Crippen molar-refractivity contribution >= 4 is 5.91 Å². The fourth-order valence-corrected chi connectivity index (χ4v) is 4.35. The minimum Gasteiger partial charge on any atom is -0.406 e. The summed E-state index contributed by atoms with van der Waals surface area (Å²) in [5.74, 6) is -0.326. The molecular weight excluding hydrogens is 421 g/mol. The summed E-state index contributed by atoms with van der Waals surface area (Å²) in [6.45, 7) is 5.43. The molecule has 0 radical (unpaired) electrons. The molecule has 0 aliphatic carbocycles. The van der Waals surface area contributed by atoms with Crippen LogP contribution in [-0.2, 0) is 0 Å². The van der Waals surface area contributed by atoms with Crippen LogP contribution in [0.3, 0.4) is 0 Å². The van der Waals surface area contributed by atoms with Crippen LogP contribution < -0.4 is 4.74 Å². The van der Waals surface area contributed by atoms with E-state index in [1.54, 1.807) is 12.1 Å². The number of ether oxygens (including phenoxy) is 1. The lowest BCUT2D eigenvalue weighted by atomic mass is 10.0. The molecule has 1 aromatic heterocycles. The van der Waals surface area contributed by atoms with Gasteiger partial charge in [-0.25, -0.2) is 0 Å². The standard InChI is InChI=1S/C23H27F3N4O2/c1-28-10-8-19(9-11-28)29-12-14-30(15-13-29)22(31)18-4-7-21(27-16-18)17-2-5-20(6-3-17)32-23(24,25)26/h2-7,16,19H,8-15H2,1H3. The first-order valence-corrected chi connectivity index (χ1v) is 10.8. The predicted molar refractivity (Wildman–Crippen MR) is 114 cm³/mol. The Morgan fingerprint density at radius 2 is 1.62 bits per heavy atom. The minimum atomic E-state index is -4.72. The van der Waals surface area contributed by atoms with Crippen molar-refractivity contribution in [3.63, 3.8) is 0 Å². The van der Waals surface area contributed by atoms with E-state index in [1.165, 1.54) is 43.3 Å². The van der Waals surface area contributed by atoms with E-state index >= 15 is 0 Å². The van der Waals surface area contributed by atoms with Crippen LogP contribution in [0.2, 0.25) is 0 Å². The van der Waals surface area contributed by atoms with Crippen molar-refractivity contribution in [3.8, 4) is 17.0 Å². The van der Waals surface area contributed by atoms with Gasteiger partial charge in [0, 0.05) is 44.0 Å². The predicted octanol–water partition coefficient (Wildman–Crippen LogP) is 3.50. The van der Waals surface area contributed by atoms with E-state index in [0.29, 0.717) is 36.0 Å². The van der Waals surface area contributed by atoms with Gasteiger partial charge in [0.25, 0.3) is 5.91 Å². The highest BCUT2D eigenvalue weighted by atomic mass is 19.4. The first-order chi connectivity index (χ1) is 15.3. The van der Waals surface area contributed by atoms with Crippen LogP contribution in [0.25, 0.3) is 11.3 Å². The van der Waals surface area contributed by atoms with Gasteiger partial charge >= 0.3 is 6.36 Å². The van der Waals surface area contributed by atoms with Crippen molar-refractivity contribution in [1.82, 2.24) is 19.7 Å². The highest BCUT2D eigenvalue weighted by Crippen LogP contribution is 2.26. The Hall–Kier alpha value is -2.65. The second kappa shape index (κ2) is 9.46. The van der Waals surface area contributed by atoms with Gasteiger partial charge in [-0.15, -0.1) is 13.2 Å². The van der Waals surface area contributed by atoms with Crippen LogP contribution in [0.15, 0.2) is 42.6 Å². The van der Waals surface area contributed by atoms with E-state index < -0.39 is 6.36 Å². The van der Waals surface area contributed by atoms with Crippen molar-refractivity contribution in [2.24, 2.45) is 0 Å². The molecule has 6 nitrogen and oxygen atoms in total. The molecule has 0 bridgehead atoms. The number of hydrogen-bond acceptors (Lipinski definition) is 5. The molecule has 1 amide bonds. The quantitative estimate of drug-likeness (QED) is 0.717. The smallest absolute Gasteiger partial charge is 0.406 e. The molecule has 2 aliphatic rings. The van der Waals surface area contributed by atoms with Gasteiger partial charge in [-0.2, -0.15) is 0 Å². The monoisotopic (exact) mass is 448 g/mol. The van der Waals surface area contributed by atoms with Crippen LogP contribution in [0.4, 0.5) is 13.2 Å². The summed E-state index contributed by atoms with van der Waals surface area (Å²) >= 11 is 0. The minimum absolute atomic E-state index is 0.0407. The molecular formula is C23H27F3N4O2. The van der Waals surface area contributed by atoms with E-state index in [0.717, 1.165) is 26.2 Å². The average molecular weight is 448 g/mol. The fraction of sp³-hybridized carbons (Fsp3) is 0.478. The van der Waals surface area contributed by atoms with Gasteiger partial charge < -0.3 is 14.5 Å².